The molecule has 0 heterocycles. The fourth-order valence-electron chi connectivity index (χ4n) is 1.08. The van der Waals surface area contributed by atoms with Crippen LogP contribution in [0, 0.1) is 0 Å². The lowest BCUT2D eigenvalue weighted by atomic mass is 10.1. The summed E-state index contributed by atoms with van der Waals surface area (Å²) in [5.41, 5.74) is 6.21. The van der Waals surface area contributed by atoms with Gasteiger partial charge in [0.2, 0.25) is 0 Å². The predicted molar refractivity (Wildman–Crippen MR) is 55.6 cm³/mol. The fourth-order valence-corrected chi connectivity index (χ4v) is 1.32. The molecule has 0 amide bonds. The van der Waals surface area contributed by atoms with Crippen molar-refractivity contribution in [1.29, 1.82) is 0 Å². The van der Waals surface area contributed by atoms with Crippen molar-refractivity contribution in [3.05, 3.63) is 28.8 Å². The van der Waals surface area contributed by atoms with Gasteiger partial charge in [0.05, 0.1) is 17.7 Å². The van der Waals surface area contributed by atoms with Gasteiger partial charge in [0.1, 0.15) is 12.0 Å². The first-order chi connectivity index (χ1) is 6.69. The van der Waals surface area contributed by atoms with Crippen LogP contribution >= 0.6 is 11.6 Å². The number of rotatable bonds is 4. The predicted octanol–water partition coefficient (Wildman–Crippen LogP) is 1.94. The lowest BCUT2D eigenvalue weighted by Crippen LogP contribution is -2.11. The first kappa shape index (κ1) is 11.0. The van der Waals surface area contributed by atoms with Crippen LogP contribution in [0.5, 0.6) is 5.75 Å². The Morgan fingerprint density at radius 2 is 2.36 bits per heavy atom. The normalized spacial score (nSPS) is 12.2. The van der Waals surface area contributed by atoms with Crippen molar-refractivity contribution in [3.63, 3.8) is 0 Å². The van der Waals surface area contributed by atoms with Gasteiger partial charge in [-0.1, -0.05) is 17.7 Å². The average molecular weight is 214 g/mol. The summed E-state index contributed by atoms with van der Waals surface area (Å²) in [5.74, 6) is 0.607. The summed E-state index contributed by atoms with van der Waals surface area (Å²) < 4.78 is 5.24. The standard InChI is InChI=1S/C10H12ClNO2/c1-2-14-10-4-3-7(5-8(10)11)9(12)6-13/h3-6,9H,2,12H2,1H3. The van der Waals surface area contributed by atoms with Gasteiger partial charge >= 0.3 is 0 Å². The van der Waals surface area contributed by atoms with E-state index < -0.39 is 6.04 Å². The Labute approximate surface area is 87.8 Å². The summed E-state index contributed by atoms with van der Waals surface area (Å²) in [6.45, 7) is 2.43. The van der Waals surface area contributed by atoms with Gasteiger partial charge in [0.15, 0.2) is 0 Å². The fraction of sp³-hybridized carbons (Fsp3) is 0.300. The Morgan fingerprint density at radius 1 is 1.64 bits per heavy atom. The van der Waals surface area contributed by atoms with E-state index in [9.17, 15) is 4.79 Å². The van der Waals surface area contributed by atoms with E-state index in [2.05, 4.69) is 0 Å². The SMILES string of the molecule is CCOc1ccc(C(N)C=O)cc1Cl. The number of carbonyl (C=O) groups excluding carboxylic acids is 1. The molecule has 0 aliphatic heterocycles. The molecule has 1 aromatic carbocycles. The summed E-state index contributed by atoms with van der Waals surface area (Å²) in [5, 5.41) is 0.474. The lowest BCUT2D eigenvalue weighted by Gasteiger charge is -2.09. The maximum Gasteiger partial charge on any atom is 0.141 e. The molecule has 0 bridgehead atoms. The molecule has 0 spiro atoms. The summed E-state index contributed by atoms with van der Waals surface area (Å²) in [4.78, 5) is 10.4. The topological polar surface area (TPSA) is 52.3 Å². The van der Waals surface area contributed by atoms with E-state index in [0.29, 0.717) is 29.2 Å². The van der Waals surface area contributed by atoms with Gasteiger partial charge < -0.3 is 15.3 Å². The number of benzene rings is 1. The highest BCUT2D eigenvalue weighted by atomic mass is 35.5. The second kappa shape index (κ2) is 4.98. The minimum atomic E-state index is -0.622. The molecule has 14 heavy (non-hydrogen) atoms. The van der Waals surface area contributed by atoms with Crippen LogP contribution in [0.3, 0.4) is 0 Å². The number of hydrogen-bond donors (Lipinski definition) is 1. The van der Waals surface area contributed by atoms with E-state index in [1.807, 2.05) is 6.92 Å². The zero-order chi connectivity index (χ0) is 10.6. The Kier molecular flexibility index (Phi) is 3.92. The number of halogens is 1. The summed E-state index contributed by atoms with van der Waals surface area (Å²) in [7, 11) is 0. The van der Waals surface area contributed by atoms with E-state index in [0.717, 1.165) is 0 Å². The van der Waals surface area contributed by atoms with Crippen molar-refractivity contribution in [1.82, 2.24) is 0 Å². The van der Waals surface area contributed by atoms with Crippen LogP contribution in [-0.2, 0) is 4.79 Å². The summed E-state index contributed by atoms with van der Waals surface area (Å²) in [6, 6.07) is 4.47. The Balaban J connectivity index is 2.93. The smallest absolute Gasteiger partial charge is 0.141 e. The van der Waals surface area contributed by atoms with Gasteiger partial charge in [-0.25, -0.2) is 0 Å². The second-order valence-electron chi connectivity index (χ2n) is 2.78. The molecule has 0 aromatic heterocycles. The molecule has 0 saturated heterocycles. The molecule has 4 heteroatoms. The van der Waals surface area contributed by atoms with Crippen LogP contribution in [0.4, 0.5) is 0 Å². The Hall–Kier alpha value is -1.06. The van der Waals surface area contributed by atoms with Crippen LogP contribution in [0.15, 0.2) is 18.2 Å². The van der Waals surface area contributed by atoms with Crippen LogP contribution in [-0.4, -0.2) is 12.9 Å². The largest absolute Gasteiger partial charge is 0.492 e. The highest BCUT2D eigenvalue weighted by Gasteiger charge is 2.07. The van der Waals surface area contributed by atoms with E-state index in [4.69, 9.17) is 22.1 Å². The van der Waals surface area contributed by atoms with E-state index in [-0.39, 0.29) is 0 Å². The Bertz CT molecular complexity index is 328. The molecule has 2 N–H and O–H groups in total. The molecule has 0 aliphatic rings. The zero-order valence-corrected chi connectivity index (χ0v) is 8.62. The summed E-state index contributed by atoms with van der Waals surface area (Å²) >= 11 is 5.91. The van der Waals surface area contributed by atoms with Gasteiger partial charge in [0, 0.05) is 0 Å². The third-order valence-corrected chi connectivity index (χ3v) is 2.08. The third-order valence-electron chi connectivity index (χ3n) is 1.79. The van der Waals surface area contributed by atoms with Crippen LogP contribution < -0.4 is 10.5 Å². The Morgan fingerprint density at radius 3 is 2.86 bits per heavy atom. The van der Waals surface area contributed by atoms with Crippen molar-refractivity contribution in [3.8, 4) is 5.75 Å². The van der Waals surface area contributed by atoms with Crippen LogP contribution in [0.25, 0.3) is 0 Å². The maximum atomic E-state index is 10.4. The van der Waals surface area contributed by atoms with E-state index in [1.165, 1.54) is 0 Å². The molecule has 1 unspecified atom stereocenters. The molecule has 1 atom stereocenters. The average Bonchev–Trinajstić information content (AvgIpc) is 2.20. The number of carbonyl (C=O) groups is 1. The molecule has 3 nitrogen and oxygen atoms in total. The lowest BCUT2D eigenvalue weighted by molar-refractivity contribution is -0.109. The quantitative estimate of drug-likeness (QED) is 0.778. The number of ether oxygens (including phenoxy) is 1. The molecule has 1 aromatic rings. The number of aldehydes is 1. The highest BCUT2D eigenvalue weighted by Crippen LogP contribution is 2.26. The second-order valence-corrected chi connectivity index (χ2v) is 3.19. The first-order valence-electron chi connectivity index (χ1n) is 4.32. The number of hydrogen-bond acceptors (Lipinski definition) is 3. The van der Waals surface area contributed by atoms with Gasteiger partial charge in [-0.15, -0.1) is 0 Å². The van der Waals surface area contributed by atoms with Crippen molar-refractivity contribution >= 4 is 17.9 Å². The molecule has 0 fully saturated rings. The van der Waals surface area contributed by atoms with Crippen LogP contribution in [0.1, 0.15) is 18.5 Å². The van der Waals surface area contributed by atoms with Gasteiger partial charge in [-0.05, 0) is 24.6 Å². The minimum absolute atomic E-state index is 0.474. The first-order valence-corrected chi connectivity index (χ1v) is 4.70. The van der Waals surface area contributed by atoms with Gasteiger partial charge in [0.25, 0.3) is 0 Å². The van der Waals surface area contributed by atoms with E-state index in [1.54, 1.807) is 18.2 Å². The third kappa shape index (κ3) is 2.47. The van der Waals surface area contributed by atoms with Crippen LogP contribution in [0.2, 0.25) is 5.02 Å². The van der Waals surface area contributed by atoms with Crippen molar-refractivity contribution in [2.24, 2.45) is 5.73 Å². The molecule has 1 rings (SSSR count). The number of nitrogens with two attached hydrogens (primary N) is 1. The molecule has 0 aliphatic carbocycles. The van der Waals surface area contributed by atoms with E-state index >= 15 is 0 Å². The molecule has 76 valence electrons. The van der Waals surface area contributed by atoms with Crippen molar-refractivity contribution < 1.29 is 9.53 Å². The van der Waals surface area contributed by atoms with Gasteiger partial charge in [-0.2, -0.15) is 0 Å². The molecular formula is C10H12ClNO2. The maximum absolute atomic E-state index is 10.4. The summed E-state index contributed by atoms with van der Waals surface area (Å²) in [6.07, 6.45) is 0.673. The zero-order valence-electron chi connectivity index (χ0n) is 7.87. The molecule has 0 radical (unpaired) electrons. The minimum Gasteiger partial charge on any atom is -0.492 e. The van der Waals surface area contributed by atoms with Crippen molar-refractivity contribution in [2.75, 3.05) is 6.61 Å². The van der Waals surface area contributed by atoms with Crippen molar-refractivity contribution in [2.45, 2.75) is 13.0 Å². The molecular weight excluding hydrogens is 202 g/mol. The highest BCUT2D eigenvalue weighted by molar-refractivity contribution is 6.32. The molecule has 0 saturated carbocycles. The monoisotopic (exact) mass is 213 g/mol. The van der Waals surface area contributed by atoms with Gasteiger partial charge in [-0.3, -0.25) is 0 Å².